The first-order valence-electron chi connectivity index (χ1n) is 7.51. The molecule has 1 aromatic rings. The second-order valence-corrected chi connectivity index (χ2v) is 6.87. The third kappa shape index (κ3) is 2.53. The third-order valence-electron chi connectivity index (χ3n) is 4.19. The van der Waals surface area contributed by atoms with Gasteiger partial charge in [0.15, 0.2) is 5.78 Å². The van der Waals surface area contributed by atoms with Gasteiger partial charge in [-0.05, 0) is 31.7 Å². The summed E-state index contributed by atoms with van der Waals surface area (Å²) in [5.74, 6) is 0.413. The molecule has 0 radical (unpaired) electrons. The monoisotopic (exact) mass is 283 g/mol. The Bertz CT molecular complexity index is 668. The van der Waals surface area contributed by atoms with Gasteiger partial charge < -0.3 is 5.11 Å². The van der Waals surface area contributed by atoms with Gasteiger partial charge in [-0.1, -0.05) is 31.2 Å². The van der Waals surface area contributed by atoms with Crippen LogP contribution in [0.1, 0.15) is 44.7 Å². The highest BCUT2D eigenvalue weighted by atomic mass is 16.3. The van der Waals surface area contributed by atoms with Gasteiger partial charge in [-0.15, -0.1) is 0 Å². The van der Waals surface area contributed by atoms with Gasteiger partial charge >= 0.3 is 0 Å². The van der Waals surface area contributed by atoms with E-state index in [9.17, 15) is 9.90 Å². The van der Waals surface area contributed by atoms with E-state index in [1.165, 1.54) is 5.56 Å². The predicted octanol–water partition coefficient (Wildman–Crippen LogP) is 3.62. The van der Waals surface area contributed by atoms with Crippen LogP contribution in [0.25, 0.3) is 0 Å². The first kappa shape index (κ1) is 14.1. The number of aliphatic imine (C=N–C) groups is 1. The molecule has 0 fully saturated rings. The van der Waals surface area contributed by atoms with Crippen molar-refractivity contribution >= 4 is 11.5 Å². The summed E-state index contributed by atoms with van der Waals surface area (Å²) in [6.07, 6.45) is 1.90. The van der Waals surface area contributed by atoms with E-state index in [4.69, 9.17) is 4.99 Å². The summed E-state index contributed by atoms with van der Waals surface area (Å²) in [4.78, 5) is 17.2. The lowest BCUT2D eigenvalue weighted by Gasteiger charge is -2.31. The van der Waals surface area contributed by atoms with Crippen LogP contribution in [-0.4, -0.2) is 22.1 Å². The van der Waals surface area contributed by atoms with Crippen LogP contribution < -0.4 is 0 Å². The molecule has 1 heterocycles. The normalized spacial score (nSPS) is 24.6. The van der Waals surface area contributed by atoms with E-state index in [1.54, 1.807) is 0 Å². The molecular weight excluding hydrogens is 262 g/mol. The number of rotatable bonds is 1. The Morgan fingerprint density at radius 1 is 1.24 bits per heavy atom. The van der Waals surface area contributed by atoms with Gasteiger partial charge in [0.1, 0.15) is 5.76 Å². The van der Waals surface area contributed by atoms with E-state index in [2.05, 4.69) is 19.9 Å². The smallest absolute Gasteiger partial charge is 0.168 e. The lowest BCUT2D eigenvalue weighted by atomic mass is 9.80. The number of aliphatic hydroxyl groups is 1. The molecule has 0 saturated heterocycles. The molecule has 1 aliphatic heterocycles. The number of benzene rings is 1. The Morgan fingerprint density at radius 2 is 1.95 bits per heavy atom. The molecule has 1 aliphatic carbocycles. The number of hydrogen-bond acceptors (Lipinski definition) is 3. The van der Waals surface area contributed by atoms with E-state index in [-0.39, 0.29) is 23.0 Å². The molecule has 3 nitrogen and oxygen atoms in total. The summed E-state index contributed by atoms with van der Waals surface area (Å²) in [5, 5.41) is 10.3. The highest BCUT2D eigenvalue weighted by Crippen LogP contribution is 2.34. The van der Waals surface area contributed by atoms with E-state index < -0.39 is 0 Å². The zero-order valence-corrected chi connectivity index (χ0v) is 12.8. The molecule has 0 amide bonds. The SMILES string of the molecule is CC1CC(=O)C(C2=NC(C)(C)Cc3ccccc32)=C(O)C1. The summed E-state index contributed by atoms with van der Waals surface area (Å²) in [5.41, 5.74) is 3.05. The van der Waals surface area contributed by atoms with Crippen molar-refractivity contribution < 1.29 is 9.90 Å². The van der Waals surface area contributed by atoms with Gasteiger partial charge in [0.2, 0.25) is 0 Å². The first-order valence-corrected chi connectivity index (χ1v) is 7.51. The highest BCUT2D eigenvalue weighted by Gasteiger charge is 2.34. The van der Waals surface area contributed by atoms with Crippen LogP contribution in [0.4, 0.5) is 0 Å². The van der Waals surface area contributed by atoms with Gasteiger partial charge in [-0.25, -0.2) is 0 Å². The second-order valence-electron chi connectivity index (χ2n) is 6.87. The van der Waals surface area contributed by atoms with Crippen molar-refractivity contribution in [2.45, 2.75) is 45.6 Å². The third-order valence-corrected chi connectivity index (χ3v) is 4.19. The quantitative estimate of drug-likeness (QED) is 0.855. The number of nitrogens with zero attached hydrogens (tertiary/aromatic N) is 1. The minimum Gasteiger partial charge on any atom is -0.511 e. The Hall–Kier alpha value is -1.90. The number of allylic oxidation sites excluding steroid dienone is 2. The van der Waals surface area contributed by atoms with E-state index in [1.807, 2.05) is 25.1 Å². The van der Waals surface area contributed by atoms with Crippen molar-refractivity contribution in [3.05, 3.63) is 46.7 Å². The lowest BCUT2D eigenvalue weighted by Crippen LogP contribution is -2.33. The summed E-state index contributed by atoms with van der Waals surface area (Å²) >= 11 is 0. The van der Waals surface area contributed by atoms with Gasteiger partial charge in [-0.3, -0.25) is 9.79 Å². The van der Waals surface area contributed by atoms with Crippen LogP contribution in [-0.2, 0) is 11.2 Å². The van der Waals surface area contributed by atoms with Crippen LogP contribution in [0, 0.1) is 5.92 Å². The van der Waals surface area contributed by atoms with Crippen LogP contribution in [0.5, 0.6) is 0 Å². The van der Waals surface area contributed by atoms with Crippen LogP contribution in [0.3, 0.4) is 0 Å². The standard InChI is InChI=1S/C18H21NO2/c1-11-8-14(20)16(15(21)9-11)17-13-7-5-4-6-12(13)10-18(2,3)19-17/h4-7,11,20H,8-10H2,1-3H3. The number of carbonyl (C=O) groups excluding carboxylic acids is 1. The molecule has 1 N–H and O–H groups in total. The van der Waals surface area contributed by atoms with E-state index >= 15 is 0 Å². The number of carbonyl (C=O) groups is 1. The molecule has 110 valence electrons. The zero-order chi connectivity index (χ0) is 15.2. The number of ketones is 1. The first-order chi connectivity index (χ1) is 9.87. The second kappa shape index (κ2) is 4.83. The molecular formula is C18H21NO2. The Morgan fingerprint density at radius 3 is 2.67 bits per heavy atom. The van der Waals surface area contributed by atoms with Crippen molar-refractivity contribution in [2.24, 2.45) is 10.9 Å². The molecule has 3 rings (SSSR count). The number of Topliss-reactive ketones (excluding diaryl/α,β-unsaturated/α-hetero) is 1. The van der Waals surface area contributed by atoms with Crippen LogP contribution in [0.2, 0.25) is 0 Å². The summed E-state index contributed by atoms with van der Waals surface area (Å²) in [7, 11) is 0. The number of hydrogen-bond donors (Lipinski definition) is 1. The van der Waals surface area contributed by atoms with Crippen molar-refractivity contribution in [3.63, 3.8) is 0 Å². The van der Waals surface area contributed by atoms with E-state index in [0.29, 0.717) is 24.1 Å². The maximum Gasteiger partial charge on any atom is 0.168 e. The fourth-order valence-electron chi connectivity index (χ4n) is 3.32. The van der Waals surface area contributed by atoms with Crippen molar-refractivity contribution in [3.8, 4) is 0 Å². The zero-order valence-electron chi connectivity index (χ0n) is 12.8. The molecule has 2 aliphatic rings. The number of fused-ring (bicyclic) bond motifs is 1. The minimum atomic E-state index is -0.250. The Kier molecular flexibility index (Phi) is 3.23. The van der Waals surface area contributed by atoms with Gasteiger partial charge in [0, 0.05) is 18.4 Å². The molecule has 0 bridgehead atoms. The maximum absolute atomic E-state index is 12.4. The fraction of sp³-hybridized carbons (Fsp3) is 0.444. The van der Waals surface area contributed by atoms with Crippen LogP contribution >= 0.6 is 0 Å². The Labute approximate surface area is 125 Å². The average Bonchev–Trinajstić information content (AvgIpc) is 2.36. The lowest BCUT2D eigenvalue weighted by molar-refractivity contribution is -0.116. The van der Waals surface area contributed by atoms with Crippen LogP contribution in [0.15, 0.2) is 40.6 Å². The number of aliphatic hydroxyl groups excluding tert-OH is 1. The molecule has 0 saturated carbocycles. The van der Waals surface area contributed by atoms with Crippen molar-refractivity contribution in [1.29, 1.82) is 0 Å². The molecule has 21 heavy (non-hydrogen) atoms. The molecule has 1 atom stereocenters. The summed E-state index contributed by atoms with van der Waals surface area (Å²) < 4.78 is 0. The average molecular weight is 283 g/mol. The molecule has 1 aromatic carbocycles. The summed E-state index contributed by atoms with van der Waals surface area (Å²) in [6.45, 7) is 6.12. The van der Waals surface area contributed by atoms with Crippen molar-refractivity contribution in [2.75, 3.05) is 0 Å². The maximum atomic E-state index is 12.4. The topological polar surface area (TPSA) is 49.7 Å². The molecule has 1 unspecified atom stereocenters. The van der Waals surface area contributed by atoms with Gasteiger partial charge in [-0.2, -0.15) is 0 Å². The van der Waals surface area contributed by atoms with Crippen molar-refractivity contribution in [1.82, 2.24) is 0 Å². The molecule has 0 spiro atoms. The largest absolute Gasteiger partial charge is 0.511 e. The fourth-order valence-corrected chi connectivity index (χ4v) is 3.32. The molecule has 3 heteroatoms. The van der Waals surface area contributed by atoms with Gasteiger partial charge in [0.25, 0.3) is 0 Å². The molecule has 0 aromatic heterocycles. The summed E-state index contributed by atoms with van der Waals surface area (Å²) in [6, 6.07) is 8.05. The highest BCUT2D eigenvalue weighted by molar-refractivity contribution is 6.30. The van der Waals surface area contributed by atoms with Gasteiger partial charge in [0.05, 0.1) is 16.8 Å². The van der Waals surface area contributed by atoms with E-state index in [0.717, 1.165) is 12.0 Å². The Balaban J connectivity index is 2.18. The predicted molar refractivity (Wildman–Crippen MR) is 83.8 cm³/mol. The minimum absolute atomic E-state index is 0.0116.